The van der Waals surface area contributed by atoms with Crippen LogP contribution < -0.4 is 0 Å². The van der Waals surface area contributed by atoms with Gasteiger partial charge in [-0.15, -0.1) is 16.2 Å². The predicted molar refractivity (Wildman–Crippen MR) is 73.8 cm³/mol. The molecule has 3 rings (SSSR count). The van der Waals surface area contributed by atoms with Crippen LogP contribution in [0, 0.1) is 4.91 Å². The quantitative estimate of drug-likeness (QED) is 0.549. The Bertz CT molecular complexity index is 768. The molecule has 0 aliphatic rings. The first-order valence-electron chi connectivity index (χ1n) is 5.45. The number of aromatic hydroxyl groups is 2. The SMILES string of the molecule is O=Nc1cc(O)c2nc(-c3ccccc3)sc2c1O. The van der Waals surface area contributed by atoms with Gasteiger partial charge in [-0.1, -0.05) is 30.3 Å². The second-order valence-electron chi connectivity index (χ2n) is 3.92. The lowest BCUT2D eigenvalue weighted by Crippen LogP contribution is -1.75. The molecule has 1 heterocycles. The number of hydrogen-bond acceptors (Lipinski definition) is 6. The molecule has 19 heavy (non-hydrogen) atoms. The van der Waals surface area contributed by atoms with Crippen molar-refractivity contribution in [2.24, 2.45) is 5.18 Å². The van der Waals surface area contributed by atoms with E-state index in [1.807, 2.05) is 30.3 Å². The predicted octanol–water partition coefficient (Wildman–Crippen LogP) is 3.77. The van der Waals surface area contributed by atoms with Crippen LogP contribution in [0.1, 0.15) is 0 Å². The Balaban J connectivity index is 2.29. The number of phenolic OH excluding ortho intramolecular Hbond substituents is 2. The number of nitrogens with zero attached hydrogens (tertiary/aromatic N) is 2. The van der Waals surface area contributed by atoms with Crippen LogP contribution in [0.2, 0.25) is 0 Å². The van der Waals surface area contributed by atoms with E-state index in [0.29, 0.717) is 9.71 Å². The molecule has 0 atom stereocenters. The summed E-state index contributed by atoms with van der Waals surface area (Å²) in [6, 6.07) is 10.5. The molecule has 94 valence electrons. The minimum Gasteiger partial charge on any atom is -0.506 e. The molecule has 2 N–H and O–H groups in total. The smallest absolute Gasteiger partial charge is 0.164 e. The van der Waals surface area contributed by atoms with Gasteiger partial charge < -0.3 is 10.2 Å². The van der Waals surface area contributed by atoms with E-state index in [4.69, 9.17) is 0 Å². The van der Waals surface area contributed by atoms with Crippen molar-refractivity contribution >= 4 is 27.2 Å². The van der Waals surface area contributed by atoms with Crippen LogP contribution in [0.15, 0.2) is 41.6 Å². The van der Waals surface area contributed by atoms with Crippen molar-refractivity contribution in [2.75, 3.05) is 0 Å². The number of phenols is 2. The monoisotopic (exact) mass is 272 g/mol. The standard InChI is InChI=1S/C13H8N2O3S/c16-9-6-8(15-18)11(17)12-10(9)14-13(19-12)7-4-2-1-3-5-7/h1-6,16-17H. The zero-order valence-electron chi connectivity index (χ0n) is 9.57. The number of benzene rings is 2. The molecule has 0 bridgehead atoms. The van der Waals surface area contributed by atoms with Crippen LogP contribution in [0.4, 0.5) is 5.69 Å². The van der Waals surface area contributed by atoms with Gasteiger partial charge in [0.15, 0.2) is 11.4 Å². The van der Waals surface area contributed by atoms with Crippen LogP contribution in [0.25, 0.3) is 20.8 Å². The van der Waals surface area contributed by atoms with Crippen LogP contribution in [-0.4, -0.2) is 15.2 Å². The van der Waals surface area contributed by atoms with E-state index < -0.39 is 0 Å². The Labute approximate surface area is 111 Å². The average Bonchev–Trinajstić information content (AvgIpc) is 2.90. The normalized spacial score (nSPS) is 10.7. The molecule has 2 aromatic carbocycles. The molecule has 0 aliphatic heterocycles. The number of rotatable bonds is 2. The Morgan fingerprint density at radius 3 is 2.58 bits per heavy atom. The molecule has 0 spiro atoms. The van der Waals surface area contributed by atoms with Gasteiger partial charge in [0.1, 0.15) is 21.0 Å². The maximum atomic E-state index is 10.6. The number of nitroso groups, excluding NO2 is 1. The van der Waals surface area contributed by atoms with Crippen molar-refractivity contribution in [1.29, 1.82) is 0 Å². The maximum Gasteiger partial charge on any atom is 0.164 e. The first-order valence-corrected chi connectivity index (χ1v) is 6.26. The van der Waals surface area contributed by atoms with Crippen LogP contribution in [0.5, 0.6) is 11.5 Å². The second kappa shape index (κ2) is 4.33. The van der Waals surface area contributed by atoms with E-state index in [2.05, 4.69) is 10.2 Å². The minimum atomic E-state index is -0.248. The van der Waals surface area contributed by atoms with E-state index in [0.717, 1.165) is 11.6 Å². The number of fused-ring (bicyclic) bond motifs is 1. The van der Waals surface area contributed by atoms with Crippen molar-refractivity contribution in [3.05, 3.63) is 41.3 Å². The number of thiazole rings is 1. The lowest BCUT2D eigenvalue weighted by atomic mass is 10.2. The van der Waals surface area contributed by atoms with Gasteiger partial charge in [0.05, 0.1) is 0 Å². The fraction of sp³-hybridized carbons (Fsp3) is 0. The largest absolute Gasteiger partial charge is 0.506 e. The van der Waals surface area contributed by atoms with Crippen molar-refractivity contribution in [3.63, 3.8) is 0 Å². The zero-order valence-corrected chi connectivity index (χ0v) is 10.4. The summed E-state index contributed by atoms with van der Waals surface area (Å²) in [6.07, 6.45) is 0. The number of aromatic nitrogens is 1. The molecule has 0 saturated carbocycles. The Kier molecular flexibility index (Phi) is 2.64. The van der Waals surface area contributed by atoms with Gasteiger partial charge in [0, 0.05) is 11.6 Å². The molecular formula is C13H8N2O3S. The summed E-state index contributed by atoms with van der Waals surface area (Å²) >= 11 is 1.20. The molecule has 0 fully saturated rings. The highest BCUT2D eigenvalue weighted by Gasteiger charge is 2.17. The highest BCUT2D eigenvalue weighted by atomic mass is 32.1. The number of hydrogen-bond donors (Lipinski definition) is 2. The summed E-state index contributed by atoms with van der Waals surface area (Å²) in [5, 5.41) is 23.0. The molecule has 0 saturated heterocycles. The summed E-state index contributed by atoms with van der Waals surface area (Å²) in [6.45, 7) is 0. The lowest BCUT2D eigenvalue weighted by Gasteiger charge is -1.98. The Morgan fingerprint density at radius 1 is 1.16 bits per heavy atom. The molecule has 0 unspecified atom stereocenters. The van der Waals surface area contributed by atoms with Gasteiger partial charge in [-0.05, 0) is 5.18 Å². The Hall–Kier alpha value is -2.47. The summed E-state index contributed by atoms with van der Waals surface area (Å²) in [7, 11) is 0. The molecule has 6 heteroatoms. The first-order chi connectivity index (χ1) is 9.20. The van der Waals surface area contributed by atoms with Crippen molar-refractivity contribution in [3.8, 4) is 22.1 Å². The molecule has 5 nitrogen and oxygen atoms in total. The van der Waals surface area contributed by atoms with E-state index in [1.54, 1.807) is 0 Å². The molecule has 0 radical (unpaired) electrons. The molecular weight excluding hydrogens is 264 g/mol. The van der Waals surface area contributed by atoms with Gasteiger partial charge in [0.25, 0.3) is 0 Å². The van der Waals surface area contributed by atoms with Gasteiger partial charge in [-0.2, -0.15) is 0 Å². The summed E-state index contributed by atoms with van der Waals surface area (Å²) in [5.41, 5.74) is 0.963. The van der Waals surface area contributed by atoms with Gasteiger partial charge in [-0.3, -0.25) is 0 Å². The van der Waals surface area contributed by atoms with Crippen molar-refractivity contribution < 1.29 is 10.2 Å². The zero-order chi connectivity index (χ0) is 13.4. The summed E-state index contributed by atoms with van der Waals surface area (Å²) in [5.74, 6) is -0.414. The molecule has 0 aliphatic carbocycles. The topological polar surface area (TPSA) is 82.8 Å². The highest BCUT2D eigenvalue weighted by molar-refractivity contribution is 7.22. The van der Waals surface area contributed by atoms with Crippen molar-refractivity contribution in [2.45, 2.75) is 0 Å². The third kappa shape index (κ3) is 1.82. The molecule has 1 aromatic heterocycles. The van der Waals surface area contributed by atoms with Crippen LogP contribution >= 0.6 is 11.3 Å². The third-order valence-corrected chi connectivity index (χ3v) is 3.83. The van der Waals surface area contributed by atoms with Gasteiger partial charge in [0.2, 0.25) is 0 Å². The highest BCUT2D eigenvalue weighted by Crippen LogP contribution is 2.44. The summed E-state index contributed by atoms with van der Waals surface area (Å²) < 4.78 is 0.355. The van der Waals surface area contributed by atoms with Crippen LogP contribution in [0.3, 0.4) is 0 Å². The van der Waals surface area contributed by atoms with E-state index in [1.165, 1.54) is 11.3 Å². The van der Waals surface area contributed by atoms with Crippen LogP contribution in [-0.2, 0) is 0 Å². The fourth-order valence-corrected chi connectivity index (χ4v) is 2.84. The second-order valence-corrected chi connectivity index (χ2v) is 4.92. The molecule has 0 amide bonds. The average molecular weight is 272 g/mol. The lowest BCUT2D eigenvalue weighted by molar-refractivity contribution is 0.470. The van der Waals surface area contributed by atoms with Crippen molar-refractivity contribution in [1.82, 2.24) is 4.98 Å². The Morgan fingerprint density at radius 2 is 1.89 bits per heavy atom. The first kappa shape index (κ1) is 11.6. The fourth-order valence-electron chi connectivity index (χ4n) is 1.81. The van der Waals surface area contributed by atoms with E-state index >= 15 is 0 Å². The summed E-state index contributed by atoms with van der Waals surface area (Å²) in [4.78, 5) is 14.8. The van der Waals surface area contributed by atoms with E-state index in [-0.39, 0.29) is 22.7 Å². The van der Waals surface area contributed by atoms with Gasteiger partial charge in [-0.25, -0.2) is 4.98 Å². The maximum absolute atomic E-state index is 10.6. The minimum absolute atomic E-state index is 0.166. The van der Waals surface area contributed by atoms with E-state index in [9.17, 15) is 15.1 Å². The molecule has 3 aromatic rings. The van der Waals surface area contributed by atoms with Gasteiger partial charge >= 0.3 is 0 Å². The third-order valence-electron chi connectivity index (χ3n) is 2.72.